The molecule has 0 spiro atoms. The van der Waals surface area contributed by atoms with Crippen LogP contribution in [0.5, 0.6) is 5.75 Å². The Bertz CT molecular complexity index is 455. The van der Waals surface area contributed by atoms with Crippen LogP contribution in [0, 0.1) is 5.82 Å². The molecule has 1 heterocycles. The molecular weight excluding hydrogens is 243 g/mol. The molecule has 0 aliphatic carbocycles. The van der Waals surface area contributed by atoms with Crippen LogP contribution >= 0.6 is 0 Å². The van der Waals surface area contributed by atoms with Crippen LogP contribution < -0.4 is 5.32 Å². The van der Waals surface area contributed by atoms with Crippen molar-refractivity contribution in [3.8, 4) is 5.75 Å². The summed E-state index contributed by atoms with van der Waals surface area (Å²) in [5, 5.41) is 12.6. The summed E-state index contributed by atoms with van der Waals surface area (Å²) in [7, 11) is 0. The number of nitrogens with one attached hydrogen (secondary N) is 1. The normalized spacial score (nSPS) is 18.2. The van der Waals surface area contributed by atoms with E-state index < -0.39 is 0 Å². The molecule has 4 heteroatoms. The number of benzene rings is 1. The molecule has 1 atom stereocenters. The molecular formula is C15H21FN2O. The highest BCUT2D eigenvalue weighted by atomic mass is 19.1. The van der Waals surface area contributed by atoms with E-state index in [1.54, 1.807) is 12.1 Å². The number of halogens is 1. The standard InChI is InChI=1S/C15H21FN2O/c1-11(2)9-15(18-7-5-17-6-8-18)13-4-3-12(19)10-14(13)16/h3-4,10,15,17,19H,1,5-9H2,2H3/t15-/m0/s1. The van der Waals surface area contributed by atoms with Gasteiger partial charge in [0.05, 0.1) is 0 Å². The van der Waals surface area contributed by atoms with Crippen molar-refractivity contribution >= 4 is 0 Å². The van der Waals surface area contributed by atoms with Crippen LogP contribution in [0.1, 0.15) is 24.9 Å². The first-order valence-corrected chi connectivity index (χ1v) is 6.65. The smallest absolute Gasteiger partial charge is 0.131 e. The summed E-state index contributed by atoms with van der Waals surface area (Å²) in [6.07, 6.45) is 0.738. The van der Waals surface area contributed by atoms with E-state index in [0.717, 1.165) is 38.2 Å². The van der Waals surface area contributed by atoms with E-state index in [1.807, 2.05) is 6.92 Å². The summed E-state index contributed by atoms with van der Waals surface area (Å²) in [5.74, 6) is -0.375. The Balaban J connectivity index is 2.27. The van der Waals surface area contributed by atoms with Crippen molar-refractivity contribution in [1.82, 2.24) is 10.2 Å². The first-order chi connectivity index (χ1) is 9.08. The van der Waals surface area contributed by atoms with E-state index in [4.69, 9.17) is 0 Å². The van der Waals surface area contributed by atoms with Gasteiger partial charge in [-0.1, -0.05) is 11.6 Å². The topological polar surface area (TPSA) is 35.5 Å². The van der Waals surface area contributed by atoms with Gasteiger partial charge in [0.15, 0.2) is 0 Å². The minimum Gasteiger partial charge on any atom is -0.508 e. The van der Waals surface area contributed by atoms with Gasteiger partial charge in [-0.25, -0.2) is 4.39 Å². The minimum absolute atomic E-state index is 0.000185. The van der Waals surface area contributed by atoms with Crippen LogP contribution in [0.2, 0.25) is 0 Å². The summed E-state index contributed by atoms with van der Waals surface area (Å²) < 4.78 is 14.1. The van der Waals surface area contributed by atoms with Crippen molar-refractivity contribution in [3.05, 3.63) is 41.7 Å². The van der Waals surface area contributed by atoms with Gasteiger partial charge < -0.3 is 10.4 Å². The zero-order valence-electron chi connectivity index (χ0n) is 11.3. The van der Waals surface area contributed by atoms with Gasteiger partial charge in [-0.15, -0.1) is 6.58 Å². The molecule has 1 saturated heterocycles. The Hall–Kier alpha value is -1.39. The fraction of sp³-hybridized carbons (Fsp3) is 0.467. The summed E-state index contributed by atoms with van der Waals surface area (Å²) in [4.78, 5) is 2.28. The minimum atomic E-state index is -0.343. The highest BCUT2D eigenvalue weighted by Crippen LogP contribution is 2.30. The maximum atomic E-state index is 14.1. The molecule has 1 fully saturated rings. The second kappa shape index (κ2) is 6.17. The maximum absolute atomic E-state index is 14.1. The average Bonchev–Trinajstić information content (AvgIpc) is 2.37. The van der Waals surface area contributed by atoms with Crippen LogP contribution in [0.3, 0.4) is 0 Å². The maximum Gasteiger partial charge on any atom is 0.131 e. The summed E-state index contributed by atoms with van der Waals surface area (Å²) >= 11 is 0. The summed E-state index contributed by atoms with van der Waals surface area (Å²) in [6, 6.07) is 4.41. The van der Waals surface area contributed by atoms with Gasteiger partial charge in [0.25, 0.3) is 0 Å². The summed E-state index contributed by atoms with van der Waals surface area (Å²) in [5.41, 5.74) is 1.68. The van der Waals surface area contributed by atoms with Gasteiger partial charge >= 0.3 is 0 Å². The number of phenols is 1. The van der Waals surface area contributed by atoms with E-state index in [0.29, 0.717) is 5.56 Å². The number of aromatic hydroxyl groups is 1. The molecule has 0 saturated carbocycles. The first kappa shape index (κ1) is 14.0. The number of rotatable bonds is 4. The lowest BCUT2D eigenvalue weighted by Crippen LogP contribution is -2.45. The molecule has 0 radical (unpaired) electrons. The molecule has 2 rings (SSSR count). The fourth-order valence-corrected chi connectivity index (χ4v) is 2.55. The molecule has 1 aromatic rings. The lowest BCUT2D eigenvalue weighted by atomic mass is 9.97. The van der Waals surface area contributed by atoms with Crippen molar-refractivity contribution in [2.75, 3.05) is 26.2 Å². The van der Waals surface area contributed by atoms with Crippen LogP contribution in [-0.2, 0) is 0 Å². The second-order valence-corrected chi connectivity index (χ2v) is 5.17. The molecule has 0 bridgehead atoms. The van der Waals surface area contributed by atoms with E-state index in [1.165, 1.54) is 6.07 Å². The first-order valence-electron chi connectivity index (χ1n) is 6.65. The Morgan fingerprint density at radius 3 is 2.74 bits per heavy atom. The summed E-state index contributed by atoms with van der Waals surface area (Å²) in [6.45, 7) is 9.56. The Kier molecular flexibility index (Phi) is 4.56. The number of nitrogens with zero attached hydrogens (tertiary/aromatic N) is 1. The third-order valence-electron chi connectivity index (χ3n) is 3.48. The van der Waals surface area contributed by atoms with Crippen LogP contribution in [0.25, 0.3) is 0 Å². The monoisotopic (exact) mass is 264 g/mol. The van der Waals surface area contributed by atoms with E-state index in [-0.39, 0.29) is 17.6 Å². The van der Waals surface area contributed by atoms with Gasteiger partial charge in [-0.3, -0.25) is 4.90 Å². The molecule has 1 aliphatic heterocycles. The molecule has 0 unspecified atom stereocenters. The van der Waals surface area contributed by atoms with Gasteiger partial charge in [-0.05, 0) is 19.4 Å². The van der Waals surface area contributed by atoms with Crippen LogP contribution in [0.15, 0.2) is 30.4 Å². The van der Waals surface area contributed by atoms with Gasteiger partial charge in [-0.2, -0.15) is 0 Å². The van der Waals surface area contributed by atoms with E-state index in [2.05, 4.69) is 16.8 Å². The number of phenolic OH excluding ortho intramolecular Hbond substituents is 1. The second-order valence-electron chi connectivity index (χ2n) is 5.17. The van der Waals surface area contributed by atoms with Crippen molar-refractivity contribution in [1.29, 1.82) is 0 Å². The van der Waals surface area contributed by atoms with Gasteiger partial charge in [0, 0.05) is 43.9 Å². The molecule has 3 nitrogen and oxygen atoms in total. The number of hydrogen-bond donors (Lipinski definition) is 2. The third kappa shape index (κ3) is 3.55. The third-order valence-corrected chi connectivity index (χ3v) is 3.48. The largest absolute Gasteiger partial charge is 0.508 e. The van der Waals surface area contributed by atoms with Crippen molar-refractivity contribution in [2.45, 2.75) is 19.4 Å². The van der Waals surface area contributed by atoms with Crippen molar-refractivity contribution in [3.63, 3.8) is 0 Å². The molecule has 1 aliphatic rings. The average molecular weight is 264 g/mol. The lowest BCUT2D eigenvalue weighted by molar-refractivity contribution is 0.169. The zero-order valence-corrected chi connectivity index (χ0v) is 11.3. The molecule has 1 aromatic carbocycles. The van der Waals surface area contributed by atoms with Crippen LogP contribution in [0.4, 0.5) is 4.39 Å². The van der Waals surface area contributed by atoms with E-state index >= 15 is 0 Å². The number of piperazine rings is 1. The fourth-order valence-electron chi connectivity index (χ4n) is 2.55. The van der Waals surface area contributed by atoms with Crippen LogP contribution in [-0.4, -0.2) is 36.2 Å². The molecule has 2 N–H and O–H groups in total. The number of hydrogen-bond acceptors (Lipinski definition) is 3. The Morgan fingerprint density at radius 2 is 2.16 bits per heavy atom. The molecule has 0 aromatic heterocycles. The predicted molar refractivity (Wildman–Crippen MR) is 74.7 cm³/mol. The van der Waals surface area contributed by atoms with Crippen molar-refractivity contribution in [2.24, 2.45) is 0 Å². The quantitative estimate of drug-likeness (QED) is 0.820. The van der Waals surface area contributed by atoms with Gasteiger partial charge in [0.1, 0.15) is 11.6 Å². The van der Waals surface area contributed by atoms with Crippen molar-refractivity contribution < 1.29 is 9.50 Å². The molecule has 104 valence electrons. The Labute approximate surface area is 113 Å². The highest BCUT2D eigenvalue weighted by Gasteiger charge is 2.24. The lowest BCUT2D eigenvalue weighted by Gasteiger charge is -2.35. The molecule has 19 heavy (non-hydrogen) atoms. The molecule has 0 amide bonds. The van der Waals surface area contributed by atoms with E-state index in [9.17, 15) is 9.50 Å². The zero-order chi connectivity index (χ0) is 13.8. The Morgan fingerprint density at radius 1 is 1.47 bits per heavy atom. The van der Waals surface area contributed by atoms with Gasteiger partial charge in [0.2, 0.25) is 0 Å². The SMILES string of the molecule is C=C(C)C[C@@H](c1ccc(O)cc1F)N1CCNCC1. The predicted octanol–water partition coefficient (Wildman–Crippen LogP) is 2.44. The highest BCUT2D eigenvalue weighted by molar-refractivity contribution is 5.30.